The van der Waals surface area contributed by atoms with E-state index in [9.17, 15) is 9.18 Å². The molecule has 0 aliphatic heterocycles. The van der Waals surface area contributed by atoms with Crippen molar-refractivity contribution in [3.8, 4) is 23.7 Å². The van der Waals surface area contributed by atoms with Crippen LogP contribution in [0.2, 0.25) is 0 Å². The second kappa shape index (κ2) is 9.72. The number of nitrogens with one attached hydrogen (secondary N) is 1. The SMILES string of the molecule is C#CCNC(=O)CSc1nnc(-c2ccccc2F)n1CCc1ccccc1. The molecule has 0 aliphatic carbocycles. The van der Waals surface area contributed by atoms with Crippen molar-refractivity contribution in [2.24, 2.45) is 0 Å². The fourth-order valence-corrected chi connectivity index (χ4v) is 3.45. The number of amides is 1. The third kappa shape index (κ3) is 4.99. The number of hydrogen-bond acceptors (Lipinski definition) is 4. The summed E-state index contributed by atoms with van der Waals surface area (Å²) in [7, 11) is 0. The van der Waals surface area contributed by atoms with Crippen molar-refractivity contribution in [3.63, 3.8) is 0 Å². The minimum atomic E-state index is -0.362. The van der Waals surface area contributed by atoms with Crippen LogP contribution in [0.5, 0.6) is 0 Å². The number of benzene rings is 2. The van der Waals surface area contributed by atoms with E-state index in [1.165, 1.54) is 17.8 Å². The first-order chi connectivity index (χ1) is 13.7. The molecule has 0 radical (unpaired) electrons. The van der Waals surface area contributed by atoms with Crippen molar-refractivity contribution in [1.29, 1.82) is 0 Å². The van der Waals surface area contributed by atoms with Gasteiger partial charge in [0.25, 0.3) is 0 Å². The van der Waals surface area contributed by atoms with Crippen LogP contribution in [0.15, 0.2) is 59.8 Å². The molecule has 1 heterocycles. The lowest BCUT2D eigenvalue weighted by atomic mass is 10.1. The number of rotatable bonds is 8. The summed E-state index contributed by atoms with van der Waals surface area (Å²) in [4.78, 5) is 11.9. The van der Waals surface area contributed by atoms with Crippen molar-refractivity contribution in [3.05, 3.63) is 66.0 Å². The van der Waals surface area contributed by atoms with E-state index in [0.717, 1.165) is 12.0 Å². The maximum Gasteiger partial charge on any atom is 0.231 e. The van der Waals surface area contributed by atoms with E-state index < -0.39 is 0 Å². The third-order valence-electron chi connectivity index (χ3n) is 4.02. The zero-order chi connectivity index (χ0) is 19.8. The van der Waals surface area contributed by atoms with Crippen molar-refractivity contribution in [2.75, 3.05) is 12.3 Å². The minimum absolute atomic E-state index is 0.155. The van der Waals surface area contributed by atoms with Gasteiger partial charge >= 0.3 is 0 Å². The number of carbonyl (C=O) groups is 1. The molecule has 0 unspecified atom stereocenters. The molecule has 3 aromatic rings. The average molecular weight is 394 g/mol. The molecule has 3 rings (SSSR count). The highest BCUT2D eigenvalue weighted by Crippen LogP contribution is 2.26. The number of aromatic nitrogens is 3. The van der Waals surface area contributed by atoms with Gasteiger partial charge in [-0.05, 0) is 24.1 Å². The lowest BCUT2D eigenvalue weighted by Gasteiger charge is -2.11. The van der Waals surface area contributed by atoms with E-state index in [2.05, 4.69) is 21.4 Å². The lowest BCUT2D eigenvalue weighted by molar-refractivity contribution is -0.118. The summed E-state index contributed by atoms with van der Waals surface area (Å²) < 4.78 is 16.2. The van der Waals surface area contributed by atoms with Gasteiger partial charge in [-0.2, -0.15) is 0 Å². The molecule has 0 bridgehead atoms. The summed E-state index contributed by atoms with van der Waals surface area (Å²) in [6.45, 7) is 0.746. The van der Waals surface area contributed by atoms with Gasteiger partial charge in [-0.1, -0.05) is 60.1 Å². The van der Waals surface area contributed by atoms with Crippen LogP contribution < -0.4 is 5.32 Å². The largest absolute Gasteiger partial charge is 0.344 e. The van der Waals surface area contributed by atoms with Gasteiger partial charge in [0.15, 0.2) is 11.0 Å². The highest BCUT2D eigenvalue weighted by molar-refractivity contribution is 7.99. The zero-order valence-electron chi connectivity index (χ0n) is 15.1. The van der Waals surface area contributed by atoms with E-state index in [4.69, 9.17) is 6.42 Å². The second-order valence-electron chi connectivity index (χ2n) is 5.94. The van der Waals surface area contributed by atoms with Crippen molar-refractivity contribution in [1.82, 2.24) is 20.1 Å². The van der Waals surface area contributed by atoms with Crippen molar-refractivity contribution < 1.29 is 9.18 Å². The van der Waals surface area contributed by atoms with Crippen LogP contribution >= 0.6 is 11.8 Å². The molecule has 28 heavy (non-hydrogen) atoms. The van der Waals surface area contributed by atoms with Gasteiger partial charge in [-0.25, -0.2) is 4.39 Å². The van der Waals surface area contributed by atoms with E-state index in [0.29, 0.717) is 23.1 Å². The number of nitrogens with zero attached hydrogens (tertiary/aromatic N) is 3. The van der Waals surface area contributed by atoms with E-state index in [1.54, 1.807) is 18.2 Å². The molecule has 142 valence electrons. The highest BCUT2D eigenvalue weighted by atomic mass is 32.2. The van der Waals surface area contributed by atoms with Gasteiger partial charge in [-0.15, -0.1) is 16.6 Å². The van der Waals surface area contributed by atoms with Crippen LogP contribution in [0.25, 0.3) is 11.4 Å². The molecule has 1 aromatic heterocycles. The van der Waals surface area contributed by atoms with Crippen LogP contribution in [0, 0.1) is 18.2 Å². The number of terminal acetylenes is 1. The van der Waals surface area contributed by atoms with Crippen molar-refractivity contribution in [2.45, 2.75) is 18.1 Å². The predicted molar refractivity (Wildman–Crippen MR) is 108 cm³/mol. The third-order valence-corrected chi connectivity index (χ3v) is 4.99. The number of carbonyl (C=O) groups excluding carboxylic acids is 1. The molecular formula is C21H19FN4OS. The number of hydrogen-bond donors (Lipinski definition) is 1. The van der Waals surface area contributed by atoms with Gasteiger partial charge in [0.1, 0.15) is 5.82 Å². The van der Waals surface area contributed by atoms with Crippen LogP contribution in [-0.2, 0) is 17.8 Å². The molecule has 0 saturated carbocycles. The smallest absolute Gasteiger partial charge is 0.231 e. The number of halogens is 1. The monoisotopic (exact) mass is 394 g/mol. The Morgan fingerprint density at radius 2 is 1.89 bits per heavy atom. The van der Waals surface area contributed by atoms with Gasteiger partial charge in [0, 0.05) is 6.54 Å². The van der Waals surface area contributed by atoms with Gasteiger partial charge in [0.05, 0.1) is 17.9 Å². The van der Waals surface area contributed by atoms with Gasteiger partial charge in [0.2, 0.25) is 5.91 Å². The summed E-state index contributed by atoms with van der Waals surface area (Å²) in [5.74, 6) is 2.41. The lowest BCUT2D eigenvalue weighted by Crippen LogP contribution is -2.25. The standard InChI is InChI=1S/C21H19FN4OS/c1-2-13-23-19(27)15-28-21-25-24-20(17-10-6-7-11-18(17)22)26(21)14-12-16-8-4-3-5-9-16/h1,3-11H,12-15H2,(H,23,27). The molecular weight excluding hydrogens is 375 g/mol. The normalized spacial score (nSPS) is 10.4. The molecule has 1 N–H and O–H groups in total. The number of aryl methyl sites for hydroxylation is 1. The molecule has 5 nitrogen and oxygen atoms in total. The Hall–Kier alpha value is -3.11. The highest BCUT2D eigenvalue weighted by Gasteiger charge is 2.18. The van der Waals surface area contributed by atoms with Crippen LogP contribution in [0.4, 0.5) is 4.39 Å². The summed E-state index contributed by atoms with van der Waals surface area (Å²) in [5.41, 5.74) is 1.53. The van der Waals surface area contributed by atoms with Crippen LogP contribution in [0.1, 0.15) is 5.56 Å². The maximum absolute atomic E-state index is 14.3. The zero-order valence-corrected chi connectivity index (χ0v) is 16.0. The second-order valence-corrected chi connectivity index (χ2v) is 6.89. The van der Waals surface area contributed by atoms with E-state index in [1.807, 2.05) is 34.9 Å². The molecule has 0 atom stereocenters. The Kier molecular flexibility index (Phi) is 6.82. The minimum Gasteiger partial charge on any atom is -0.344 e. The summed E-state index contributed by atoms with van der Waals surface area (Å²) in [6, 6.07) is 16.4. The Balaban J connectivity index is 1.84. The summed E-state index contributed by atoms with van der Waals surface area (Å²) >= 11 is 1.25. The molecule has 0 spiro atoms. The first-order valence-corrected chi connectivity index (χ1v) is 9.72. The summed E-state index contributed by atoms with van der Waals surface area (Å²) in [5, 5.41) is 11.5. The molecule has 0 saturated heterocycles. The molecule has 7 heteroatoms. The molecule has 0 aliphatic rings. The quantitative estimate of drug-likeness (QED) is 0.471. The molecule has 1 amide bonds. The Labute approximate surface area is 167 Å². The maximum atomic E-state index is 14.3. The first kappa shape index (κ1) is 19.6. The predicted octanol–water partition coefficient (Wildman–Crippen LogP) is 3.17. The Bertz CT molecular complexity index is 982. The molecule has 0 fully saturated rings. The number of thioether (sulfide) groups is 1. The van der Waals surface area contributed by atoms with Crippen LogP contribution in [-0.4, -0.2) is 33.0 Å². The van der Waals surface area contributed by atoms with E-state index in [-0.39, 0.29) is 24.0 Å². The first-order valence-electron chi connectivity index (χ1n) is 8.74. The Morgan fingerprint density at radius 1 is 1.14 bits per heavy atom. The average Bonchev–Trinajstić information content (AvgIpc) is 3.12. The van der Waals surface area contributed by atoms with Crippen molar-refractivity contribution >= 4 is 17.7 Å². The Morgan fingerprint density at radius 3 is 2.64 bits per heavy atom. The van der Waals surface area contributed by atoms with Gasteiger partial charge in [-0.3, -0.25) is 4.79 Å². The van der Waals surface area contributed by atoms with E-state index >= 15 is 0 Å². The summed E-state index contributed by atoms with van der Waals surface area (Å²) in [6.07, 6.45) is 5.88. The van der Waals surface area contributed by atoms with Crippen LogP contribution in [0.3, 0.4) is 0 Å². The van der Waals surface area contributed by atoms with Gasteiger partial charge < -0.3 is 9.88 Å². The fourth-order valence-electron chi connectivity index (χ4n) is 2.66. The molecule has 2 aromatic carbocycles. The topological polar surface area (TPSA) is 59.8 Å². The fraction of sp³-hybridized carbons (Fsp3) is 0.190.